The maximum absolute atomic E-state index is 12.4. The van der Waals surface area contributed by atoms with Crippen LogP contribution < -0.4 is 5.56 Å². The van der Waals surface area contributed by atoms with Crippen LogP contribution in [0.25, 0.3) is 11.5 Å². The molecule has 0 aliphatic heterocycles. The standard InChI is InChI=1S/C8H5FN2O2/c9-7-2-1-6(13-7)5-3-11-8(12)4-10-5/h1-4H,(H,11,12). The number of furan rings is 1. The monoisotopic (exact) mass is 180 g/mol. The zero-order chi connectivity index (χ0) is 9.26. The van der Waals surface area contributed by atoms with Crippen molar-refractivity contribution in [3.63, 3.8) is 0 Å². The lowest BCUT2D eigenvalue weighted by atomic mass is 10.3. The van der Waals surface area contributed by atoms with Gasteiger partial charge in [-0.25, -0.2) is 4.98 Å². The first-order valence-corrected chi connectivity index (χ1v) is 3.56. The first kappa shape index (κ1) is 7.72. The van der Waals surface area contributed by atoms with Crippen LogP contribution >= 0.6 is 0 Å². The quantitative estimate of drug-likeness (QED) is 0.716. The lowest BCUT2D eigenvalue weighted by Crippen LogP contribution is -2.03. The molecule has 0 spiro atoms. The molecule has 0 atom stereocenters. The fraction of sp³-hybridized carbons (Fsp3) is 0. The van der Waals surface area contributed by atoms with Crippen LogP contribution in [-0.2, 0) is 0 Å². The number of nitrogens with one attached hydrogen (secondary N) is 1. The molecule has 0 fully saturated rings. The molecule has 2 heterocycles. The van der Waals surface area contributed by atoms with Gasteiger partial charge in [0.1, 0.15) is 5.69 Å². The lowest BCUT2D eigenvalue weighted by Gasteiger charge is -1.91. The van der Waals surface area contributed by atoms with Gasteiger partial charge in [-0.2, -0.15) is 4.39 Å². The smallest absolute Gasteiger partial charge is 0.278 e. The summed E-state index contributed by atoms with van der Waals surface area (Å²) in [6, 6.07) is 1.95. The molecule has 66 valence electrons. The summed E-state index contributed by atoms with van der Waals surface area (Å²) >= 11 is 0. The zero-order valence-electron chi connectivity index (χ0n) is 6.45. The molecule has 0 saturated carbocycles. The van der Waals surface area contributed by atoms with Gasteiger partial charge < -0.3 is 9.40 Å². The summed E-state index contributed by atoms with van der Waals surface area (Å²) in [4.78, 5) is 16.8. The van der Waals surface area contributed by atoms with E-state index >= 15 is 0 Å². The summed E-state index contributed by atoms with van der Waals surface area (Å²) in [5.41, 5.74) is 0.0827. The Balaban J connectivity index is 2.47. The summed E-state index contributed by atoms with van der Waals surface area (Å²) < 4.78 is 17.1. The van der Waals surface area contributed by atoms with E-state index < -0.39 is 6.01 Å². The van der Waals surface area contributed by atoms with Crippen LogP contribution in [-0.4, -0.2) is 9.97 Å². The van der Waals surface area contributed by atoms with Gasteiger partial charge in [0.15, 0.2) is 5.76 Å². The second-order valence-electron chi connectivity index (χ2n) is 2.40. The molecule has 2 aromatic heterocycles. The number of halogens is 1. The van der Waals surface area contributed by atoms with Crippen molar-refractivity contribution in [3.05, 3.63) is 40.9 Å². The fourth-order valence-corrected chi connectivity index (χ4v) is 0.929. The van der Waals surface area contributed by atoms with E-state index in [0.29, 0.717) is 5.69 Å². The minimum Gasteiger partial charge on any atom is -0.429 e. The molecule has 2 aromatic rings. The summed E-state index contributed by atoms with van der Waals surface area (Å²) in [6.07, 6.45) is 2.47. The Morgan fingerprint density at radius 2 is 2.31 bits per heavy atom. The third kappa shape index (κ3) is 1.48. The Labute approximate surface area is 72.0 Å². The predicted octanol–water partition coefficient (Wildman–Crippen LogP) is 1.17. The van der Waals surface area contributed by atoms with Crippen molar-refractivity contribution in [3.8, 4) is 11.5 Å². The fourth-order valence-electron chi connectivity index (χ4n) is 0.929. The number of H-pyrrole nitrogens is 1. The van der Waals surface area contributed by atoms with Crippen molar-refractivity contribution in [2.24, 2.45) is 0 Å². The molecule has 0 radical (unpaired) electrons. The van der Waals surface area contributed by atoms with Gasteiger partial charge >= 0.3 is 0 Å². The van der Waals surface area contributed by atoms with E-state index in [2.05, 4.69) is 14.4 Å². The van der Waals surface area contributed by atoms with Crippen molar-refractivity contribution in [2.45, 2.75) is 0 Å². The maximum atomic E-state index is 12.4. The summed E-state index contributed by atoms with van der Waals surface area (Å²) in [7, 11) is 0. The first-order valence-electron chi connectivity index (χ1n) is 3.56. The largest absolute Gasteiger partial charge is 0.429 e. The average molecular weight is 180 g/mol. The summed E-state index contributed by atoms with van der Waals surface area (Å²) in [5, 5.41) is 0. The van der Waals surface area contributed by atoms with E-state index in [9.17, 15) is 9.18 Å². The molecule has 0 saturated heterocycles. The van der Waals surface area contributed by atoms with E-state index in [1.54, 1.807) is 0 Å². The molecule has 2 rings (SSSR count). The van der Waals surface area contributed by atoms with Gasteiger partial charge in [-0.05, 0) is 6.07 Å². The van der Waals surface area contributed by atoms with Crippen LogP contribution in [0.1, 0.15) is 0 Å². The second-order valence-corrected chi connectivity index (χ2v) is 2.40. The number of hydrogen-bond acceptors (Lipinski definition) is 3. The molecule has 4 nitrogen and oxygen atoms in total. The van der Waals surface area contributed by atoms with Gasteiger partial charge in [0.2, 0.25) is 0 Å². The van der Waals surface area contributed by atoms with E-state index in [-0.39, 0.29) is 11.3 Å². The van der Waals surface area contributed by atoms with Crippen LogP contribution in [0.15, 0.2) is 33.7 Å². The van der Waals surface area contributed by atoms with E-state index in [0.717, 1.165) is 6.20 Å². The average Bonchev–Trinajstić information content (AvgIpc) is 2.53. The molecule has 0 unspecified atom stereocenters. The van der Waals surface area contributed by atoms with Gasteiger partial charge in [0.05, 0.1) is 6.20 Å². The highest BCUT2D eigenvalue weighted by Crippen LogP contribution is 2.16. The van der Waals surface area contributed by atoms with E-state index in [1.807, 2.05) is 0 Å². The van der Waals surface area contributed by atoms with Gasteiger partial charge in [-0.15, -0.1) is 0 Å². The molecule has 13 heavy (non-hydrogen) atoms. The normalized spacial score (nSPS) is 10.2. The molecule has 5 heteroatoms. The molecule has 0 aromatic carbocycles. The summed E-state index contributed by atoms with van der Waals surface area (Å²) in [6.45, 7) is 0. The number of nitrogens with zero attached hydrogens (tertiary/aromatic N) is 1. The van der Waals surface area contributed by atoms with Gasteiger partial charge in [-0.3, -0.25) is 4.79 Å². The molecule has 0 aliphatic carbocycles. The highest BCUT2D eigenvalue weighted by molar-refractivity contribution is 5.49. The molecular formula is C8H5FN2O2. The molecular weight excluding hydrogens is 175 g/mol. The number of rotatable bonds is 1. The van der Waals surface area contributed by atoms with Crippen molar-refractivity contribution in [2.75, 3.05) is 0 Å². The van der Waals surface area contributed by atoms with Crippen molar-refractivity contribution in [1.82, 2.24) is 9.97 Å². The van der Waals surface area contributed by atoms with Crippen LogP contribution in [0, 0.1) is 6.01 Å². The highest BCUT2D eigenvalue weighted by atomic mass is 19.1. The maximum Gasteiger partial charge on any atom is 0.278 e. The van der Waals surface area contributed by atoms with Gasteiger partial charge in [0, 0.05) is 12.3 Å². The minimum absolute atomic E-state index is 0.286. The third-order valence-corrected chi connectivity index (χ3v) is 1.50. The minimum atomic E-state index is -0.678. The van der Waals surface area contributed by atoms with E-state index in [4.69, 9.17) is 0 Å². The predicted molar refractivity (Wildman–Crippen MR) is 42.5 cm³/mol. The van der Waals surface area contributed by atoms with Crippen molar-refractivity contribution in [1.29, 1.82) is 0 Å². The molecule has 0 amide bonds. The number of hydrogen-bond donors (Lipinski definition) is 1. The van der Waals surface area contributed by atoms with Crippen LogP contribution in [0.2, 0.25) is 0 Å². The summed E-state index contributed by atoms with van der Waals surface area (Å²) in [5.74, 6) is 0.286. The van der Waals surface area contributed by atoms with Crippen LogP contribution in [0.5, 0.6) is 0 Å². The molecule has 0 bridgehead atoms. The van der Waals surface area contributed by atoms with Gasteiger partial charge in [-0.1, -0.05) is 0 Å². The zero-order valence-corrected chi connectivity index (χ0v) is 6.45. The Bertz CT molecular complexity index is 454. The Morgan fingerprint density at radius 1 is 1.46 bits per heavy atom. The van der Waals surface area contributed by atoms with Crippen LogP contribution in [0.3, 0.4) is 0 Å². The SMILES string of the molecule is O=c1cnc(-c2ccc(F)o2)c[nH]1. The lowest BCUT2D eigenvalue weighted by molar-refractivity contribution is 0.366. The Kier molecular flexibility index (Phi) is 1.70. The second kappa shape index (κ2) is 2.85. The first-order chi connectivity index (χ1) is 6.25. The molecule has 1 N–H and O–H groups in total. The Hall–Kier alpha value is -1.91. The highest BCUT2D eigenvalue weighted by Gasteiger charge is 2.04. The topological polar surface area (TPSA) is 58.9 Å². The number of aromatic amines is 1. The third-order valence-electron chi connectivity index (χ3n) is 1.50. The van der Waals surface area contributed by atoms with Crippen molar-refractivity contribution >= 4 is 0 Å². The molecule has 0 aliphatic rings. The van der Waals surface area contributed by atoms with Gasteiger partial charge in [0.25, 0.3) is 11.6 Å². The number of aromatic nitrogens is 2. The Morgan fingerprint density at radius 3 is 2.85 bits per heavy atom. The van der Waals surface area contributed by atoms with Crippen molar-refractivity contribution < 1.29 is 8.81 Å². The van der Waals surface area contributed by atoms with E-state index in [1.165, 1.54) is 18.3 Å². The van der Waals surface area contributed by atoms with Crippen LogP contribution in [0.4, 0.5) is 4.39 Å².